The number of halogens is 1. The van der Waals surface area contributed by atoms with Crippen molar-refractivity contribution in [2.45, 2.75) is 43.9 Å². The van der Waals surface area contributed by atoms with Crippen molar-refractivity contribution in [3.8, 4) is 0 Å². The highest BCUT2D eigenvalue weighted by Crippen LogP contribution is 2.31. The van der Waals surface area contributed by atoms with Crippen molar-refractivity contribution in [3.05, 3.63) is 45.2 Å². The van der Waals surface area contributed by atoms with Crippen molar-refractivity contribution in [2.24, 2.45) is 0 Å². The van der Waals surface area contributed by atoms with Gasteiger partial charge in [-0.1, -0.05) is 22.0 Å². The fourth-order valence-corrected chi connectivity index (χ4v) is 3.55. The van der Waals surface area contributed by atoms with Crippen LogP contribution in [0.3, 0.4) is 0 Å². The average molecular weight is 353 g/mol. The van der Waals surface area contributed by atoms with Gasteiger partial charge in [-0.3, -0.25) is 0 Å². The largest absolute Gasteiger partial charge is 0.389 e. The van der Waals surface area contributed by atoms with Crippen LogP contribution in [0.1, 0.15) is 35.5 Å². The van der Waals surface area contributed by atoms with E-state index in [4.69, 9.17) is 0 Å². The molecule has 0 unspecified atom stereocenters. The number of rotatable bonds is 3. The lowest BCUT2D eigenvalue weighted by atomic mass is 10.1. The molecule has 20 heavy (non-hydrogen) atoms. The van der Waals surface area contributed by atoms with Crippen molar-refractivity contribution in [3.63, 3.8) is 0 Å². The zero-order valence-corrected chi connectivity index (χ0v) is 14.3. The van der Waals surface area contributed by atoms with E-state index in [1.807, 2.05) is 39.0 Å². The van der Waals surface area contributed by atoms with E-state index in [1.165, 1.54) is 11.8 Å². The molecule has 1 N–H and O–H groups in total. The molecule has 0 aliphatic rings. The van der Waals surface area contributed by atoms with Crippen LogP contribution in [0, 0.1) is 20.8 Å². The van der Waals surface area contributed by atoms with Crippen LogP contribution in [0.15, 0.2) is 32.7 Å². The molecule has 0 fully saturated rings. The molecule has 1 aromatic heterocycles. The van der Waals surface area contributed by atoms with Crippen LogP contribution in [-0.2, 0) is 0 Å². The van der Waals surface area contributed by atoms with E-state index in [2.05, 4.69) is 25.9 Å². The number of nitrogens with zero attached hydrogens (tertiary/aromatic N) is 2. The molecule has 0 bridgehead atoms. The number of aliphatic hydroxyl groups excluding tert-OH is 1. The van der Waals surface area contributed by atoms with E-state index >= 15 is 0 Å². The predicted molar refractivity (Wildman–Crippen MR) is 85.1 cm³/mol. The van der Waals surface area contributed by atoms with E-state index in [-0.39, 0.29) is 0 Å². The highest BCUT2D eigenvalue weighted by molar-refractivity contribution is 9.10. The highest BCUT2D eigenvalue weighted by Gasteiger charge is 2.10. The summed E-state index contributed by atoms with van der Waals surface area (Å²) in [5, 5.41) is 10.4. The number of hydrogen-bond acceptors (Lipinski definition) is 4. The minimum atomic E-state index is -0.483. The van der Waals surface area contributed by atoms with E-state index in [9.17, 15) is 5.11 Å². The zero-order chi connectivity index (χ0) is 14.9. The minimum absolute atomic E-state index is 0.483. The predicted octanol–water partition coefficient (Wildman–Crippen LogP) is 4.37. The fraction of sp³-hybridized carbons (Fsp3) is 0.333. The molecule has 1 atom stereocenters. The maximum Gasteiger partial charge on any atom is 0.192 e. The van der Waals surface area contributed by atoms with E-state index in [0.717, 1.165) is 37.0 Å². The summed E-state index contributed by atoms with van der Waals surface area (Å²) in [4.78, 5) is 10.1. The third-order valence-electron chi connectivity index (χ3n) is 3.24. The smallest absolute Gasteiger partial charge is 0.192 e. The molecule has 3 nitrogen and oxygen atoms in total. The van der Waals surface area contributed by atoms with E-state index in [0.29, 0.717) is 0 Å². The maximum atomic E-state index is 9.63. The number of aliphatic hydroxyl groups is 1. The molecular weight excluding hydrogens is 336 g/mol. The molecule has 0 saturated heterocycles. The Morgan fingerprint density at radius 3 is 2.25 bits per heavy atom. The molecule has 0 radical (unpaired) electrons. The molecule has 0 spiro atoms. The molecular formula is C15H17BrN2OS. The summed E-state index contributed by atoms with van der Waals surface area (Å²) >= 11 is 5.01. The lowest BCUT2D eigenvalue weighted by Gasteiger charge is -2.10. The number of hydrogen-bond donors (Lipinski definition) is 1. The molecule has 0 aliphatic carbocycles. The number of benzene rings is 1. The van der Waals surface area contributed by atoms with Crippen LogP contribution >= 0.6 is 27.7 Å². The second-order valence-corrected chi connectivity index (χ2v) is 6.66. The first kappa shape index (κ1) is 15.5. The van der Waals surface area contributed by atoms with Gasteiger partial charge in [0, 0.05) is 20.8 Å². The van der Waals surface area contributed by atoms with Gasteiger partial charge in [-0.15, -0.1) is 0 Å². The molecule has 106 valence electrons. The average Bonchev–Trinajstić information content (AvgIpc) is 2.35. The van der Waals surface area contributed by atoms with Gasteiger partial charge in [0.15, 0.2) is 5.16 Å². The Hall–Kier alpha value is -0.910. The third-order valence-corrected chi connectivity index (χ3v) is 4.78. The van der Waals surface area contributed by atoms with Gasteiger partial charge in [0.25, 0.3) is 0 Å². The van der Waals surface area contributed by atoms with Gasteiger partial charge in [0.1, 0.15) is 0 Å². The lowest BCUT2D eigenvalue weighted by Crippen LogP contribution is -1.98. The summed E-state index contributed by atoms with van der Waals surface area (Å²) in [6.07, 6.45) is -0.483. The van der Waals surface area contributed by atoms with Crippen molar-refractivity contribution < 1.29 is 5.11 Å². The minimum Gasteiger partial charge on any atom is -0.389 e. The second-order valence-electron chi connectivity index (χ2n) is 4.76. The summed E-state index contributed by atoms with van der Waals surface area (Å²) in [6.45, 7) is 7.79. The van der Waals surface area contributed by atoms with Crippen molar-refractivity contribution >= 4 is 27.7 Å². The molecule has 1 aromatic carbocycles. The summed E-state index contributed by atoms with van der Waals surface area (Å²) in [5.41, 5.74) is 4.05. The van der Waals surface area contributed by atoms with E-state index in [1.54, 1.807) is 6.92 Å². The Balaban J connectivity index is 2.29. The Kier molecular flexibility index (Phi) is 4.83. The molecule has 0 amide bonds. The summed E-state index contributed by atoms with van der Waals surface area (Å²) < 4.78 is 0.901. The lowest BCUT2D eigenvalue weighted by molar-refractivity contribution is 0.198. The SMILES string of the molecule is Cc1nc(Sc2ccc([C@H](C)O)c(Br)c2)nc(C)c1C. The second kappa shape index (κ2) is 6.24. The van der Waals surface area contributed by atoms with Gasteiger partial charge in [-0.2, -0.15) is 0 Å². The summed E-state index contributed by atoms with van der Waals surface area (Å²) in [6, 6.07) is 5.89. The highest BCUT2D eigenvalue weighted by atomic mass is 79.9. The first-order valence-electron chi connectivity index (χ1n) is 6.35. The molecule has 2 aromatic rings. The first-order valence-corrected chi connectivity index (χ1v) is 7.96. The Morgan fingerprint density at radius 1 is 1.15 bits per heavy atom. The number of aryl methyl sites for hydroxylation is 2. The molecule has 1 heterocycles. The van der Waals surface area contributed by atoms with Crippen LogP contribution in [-0.4, -0.2) is 15.1 Å². The maximum absolute atomic E-state index is 9.63. The van der Waals surface area contributed by atoms with Crippen molar-refractivity contribution in [1.29, 1.82) is 0 Å². The zero-order valence-electron chi connectivity index (χ0n) is 11.9. The third kappa shape index (κ3) is 3.40. The van der Waals surface area contributed by atoms with Gasteiger partial charge in [0.2, 0.25) is 0 Å². The molecule has 5 heteroatoms. The van der Waals surface area contributed by atoms with Crippen LogP contribution in [0.5, 0.6) is 0 Å². The van der Waals surface area contributed by atoms with Gasteiger partial charge in [0.05, 0.1) is 6.10 Å². The molecule has 2 rings (SSSR count). The van der Waals surface area contributed by atoms with Crippen LogP contribution in [0.4, 0.5) is 0 Å². The molecule has 0 saturated carbocycles. The quantitative estimate of drug-likeness (QED) is 0.833. The van der Waals surface area contributed by atoms with Crippen molar-refractivity contribution in [1.82, 2.24) is 9.97 Å². The van der Waals surface area contributed by atoms with Crippen LogP contribution < -0.4 is 0 Å². The standard InChI is InChI=1S/C15H17BrN2OS/c1-8-9(2)17-15(18-10(8)3)20-12-5-6-13(11(4)19)14(16)7-12/h5-7,11,19H,1-4H3/t11-/m0/s1. The van der Waals surface area contributed by atoms with Gasteiger partial charge in [-0.25, -0.2) is 9.97 Å². The Morgan fingerprint density at radius 2 is 1.75 bits per heavy atom. The normalized spacial score (nSPS) is 12.5. The van der Waals surface area contributed by atoms with Crippen molar-refractivity contribution in [2.75, 3.05) is 0 Å². The fourth-order valence-electron chi connectivity index (χ4n) is 1.80. The monoisotopic (exact) mass is 352 g/mol. The summed E-state index contributed by atoms with van der Waals surface area (Å²) in [7, 11) is 0. The number of aromatic nitrogens is 2. The van der Waals surface area contributed by atoms with Gasteiger partial charge < -0.3 is 5.11 Å². The Labute approximate surface area is 132 Å². The van der Waals surface area contributed by atoms with Crippen LogP contribution in [0.25, 0.3) is 0 Å². The Bertz CT molecular complexity index is 621. The van der Waals surface area contributed by atoms with Crippen LogP contribution in [0.2, 0.25) is 0 Å². The topological polar surface area (TPSA) is 46.0 Å². The van der Waals surface area contributed by atoms with E-state index < -0.39 is 6.10 Å². The first-order chi connectivity index (χ1) is 9.38. The van der Waals surface area contributed by atoms with Gasteiger partial charge in [-0.05, 0) is 62.7 Å². The summed E-state index contributed by atoms with van der Waals surface area (Å²) in [5.74, 6) is 0. The molecule has 0 aliphatic heterocycles. The van der Waals surface area contributed by atoms with Gasteiger partial charge >= 0.3 is 0 Å².